The molecule has 0 unspecified atom stereocenters. The summed E-state index contributed by atoms with van der Waals surface area (Å²) in [5, 5.41) is 0. The van der Waals surface area contributed by atoms with Crippen molar-refractivity contribution in [3.05, 3.63) is 28.8 Å². The fourth-order valence-corrected chi connectivity index (χ4v) is 1.94. The van der Waals surface area contributed by atoms with Crippen molar-refractivity contribution in [1.82, 2.24) is 0 Å². The summed E-state index contributed by atoms with van der Waals surface area (Å²) in [6.07, 6.45) is 1.47. The zero-order valence-corrected chi connectivity index (χ0v) is 7.89. The molecule has 0 bridgehead atoms. The maximum atomic E-state index is 11.5. The van der Waals surface area contributed by atoms with E-state index in [-0.39, 0.29) is 5.78 Å². The molecule has 68 valence electrons. The lowest BCUT2D eigenvalue weighted by atomic mass is 10.0. The number of methoxy groups -OCH3 is 1. The molecule has 13 heavy (non-hydrogen) atoms. The van der Waals surface area contributed by atoms with Crippen molar-refractivity contribution in [3.63, 3.8) is 0 Å². The maximum absolute atomic E-state index is 11.5. The highest BCUT2D eigenvalue weighted by Crippen LogP contribution is 2.32. The van der Waals surface area contributed by atoms with Gasteiger partial charge in [-0.1, -0.05) is 6.07 Å². The van der Waals surface area contributed by atoms with E-state index in [0.717, 1.165) is 28.9 Å². The van der Waals surface area contributed by atoms with Gasteiger partial charge in [-0.15, -0.1) is 0 Å². The minimum Gasteiger partial charge on any atom is -0.496 e. The second-order valence-electron chi connectivity index (χ2n) is 3.36. The molecule has 2 nitrogen and oxygen atoms in total. The van der Waals surface area contributed by atoms with Crippen molar-refractivity contribution < 1.29 is 9.53 Å². The Morgan fingerprint density at radius 1 is 1.31 bits per heavy atom. The van der Waals surface area contributed by atoms with Crippen LogP contribution in [0.5, 0.6) is 5.75 Å². The normalized spacial score (nSPS) is 14.5. The third kappa shape index (κ3) is 1.13. The molecule has 0 atom stereocenters. The third-order valence-corrected chi connectivity index (χ3v) is 2.58. The van der Waals surface area contributed by atoms with Crippen LogP contribution in [0.15, 0.2) is 12.1 Å². The van der Waals surface area contributed by atoms with Gasteiger partial charge in [0.1, 0.15) is 5.75 Å². The van der Waals surface area contributed by atoms with Gasteiger partial charge in [0.25, 0.3) is 0 Å². The van der Waals surface area contributed by atoms with Gasteiger partial charge in [0.05, 0.1) is 7.11 Å². The Morgan fingerprint density at radius 2 is 2.08 bits per heavy atom. The van der Waals surface area contributed by atoms with Gasteiger partial charge in [-0.2, -0.15) is 0 Å². The molecule has 0 fully saturated rings. The van der Waals surface area contributed by atoms with Crippen LogP contribution in [0, 0.1) is 6.92 Å². The van der Waals surface area contributed by atoms with Crippen molar-refractivity contribution in [2.45, 2.75) is 19.8 Å². The van der Waals surface area contributed by atoms with Gasteiger partial charge in [-0.05, 0) is 25.0 Å². The lowest BCUT2D eigenvalue weighted by molar-refractivity contribution is 0.0994. The molecule has 2 heteroatoms. The van der Waals surface area contributed by atoms with Crippen molar-refractivity contribution in [3.8, 4) is 5.75 Å². The van der Waals surface area contributed by atoms with Crippen LogP contribution in [0.1, 0.15) is 27.9 Å². The molecule has 0 saturated heterocycles. The summed E-state index contributed by atoms with van der Waals surface area (Å²) in [7, 11) is 1.65. The lowest BCUT2D eigenvalue weighted by Crippen LogP contribution is -1.97. The lowest BCUT2D eigenvalue weighted by Gasteiger charge is -2.07. The van der Waals surface area contributed by atoms with E-state index in [1.807, 2.05) is 19.1 Å². The van der Waals surface area contributed by atoms with E-state index in [0.29, 0.717) is 6.42 Å². The van der Waals surface area contributed by atoms with Crippen LogP contribution in [0.25, 0.3) is 0 Å². The Balaban J connectivity index is 2.65. The second kappa shape index (κ2) is 2.87. The quantitative estimate of drug-likeness (QED) is 0.655. The van der Waals surface area contributed by atoms with E-state index >= 15 is 0 Å². The number of carbonyl (C=O) groups is 1. The van der Waals surface area contributed by atoms with Gasteiger partial charge in [0, 0.05) is 17.5 Å². The van der Waals surface area contributed by atoms with Gasteiger partial charge in [0.2, 0.25) is 0 Å². The summed E-state index contributed by atoms with van der Waals surface area (Å²) >= 11 is 0. The molecule has 0 aromatic heterocycles. The number of ether oxygens (including phenoxy) is 1. The van der Waals surface area contributed by atoms with Crippen molar-refractivity contribution >= 4 is 5.78 Å². The summed E-state index contributed by atoms with van der Waals surface area (Å²) in [5.41, 5.74) is 3.05. The number of benzene rings is 1. The predicted molar refractivity (Wildman–Crippen MR) is 50.4 cm³/mol. The molecular weight excluding hydrogens is 164 g/mol. The summed E-state index contributed by atoms with van der Waals surface area (Å²) in [6, 6.07) is 3.88. The highest BCUT2D eigenvalue weighted by atomic mass is 16.5. The van der Waals surface area contributed by atoms with Crippen LogP contribution in [0.4, 0.5) is 0 Å². The summed E-state index contributed by atoms with van der Waals surface area (Å²) < 4.78 is 5.21. The Kier molecular flexibility index (Phi) is 1.83. The minimum absolute atomic E-state index is 0.256. The van der Waals surface area contributed by atoms with Gasteiger partial charge >= 0.3 is 0 Å². The molecule has 0 N–H and O–H groups in total. The minimum atomic E-state index is 0.256. The Bertz CT molecular complexity index is 367. The van der Waals surface area contributed by atoms with E-state index in [1.54, 1.807) is 7.11 Å². The average molecular weight is 176 g/mol. The molecule has 1 aromatic rings. The molecule has 0 heterocycles. The number of carbonyl (C=O) groups excluding carboxylic acids is 1. The molecule has 1 aliphatic carbocycles. The topological polar surface area (TPSA) is 26.3 Å². The summed E-state index contributed by atoms with van der Waals surface area (Å²) in [6.45, 7) is 1.97. The number of ketones is 1. The second-order valence-corrected chi connectivity index (χ2v) is 3.36. The monoisotopic (exact) mass is 176 g/mol. The van der Waals surface area contributed by atoms with Gasteiger partial charge < -0.3 is 4.74 Å². The van der Waals surface area contributed by atoms with Gasteiger partial charge in [-0.3, -0.25) is 4.79 Å². The van der Waals surface area contributed by atoms with Crippen LogP contribution in [-0.2, 0) is 6.42 Å². The smallest absolute Gasteiger partial charge is 0.163 e. The van der Waals surface area contributed by atoms with Crippen LogP contribution in [0.3, 0.4) is 0 Å². The van der Waals surface area contributed by atoms with E-state index in [4.69, 9.17) is 4.74 Å². The predicted octanol–water partition coefficient (Wildman–Crippen LogP) is 2.13. The van der Waals surface area contributed by atoms with E-state index in [9.17, 15) is 4.79 Å². The van der Waals surface area contributed by atoms with Crippen molar-refractivity contribution in [1.29, 1.82) is 0 Å². The summed E-state index contributed by atoms with van der Waals surface area (Å²) in [4.78, 5) is 11.5. The first-order chi connectivity index (χ1) is 6.24. The largest absolute Gasteiger partial charge is 0.496 e. The van der Waals surface area contributed by atoms with Crippen LogP contribution in [0.2, 0.25) is 0 Å². The first-order valence-corrected chi connectivity index (χ1v) is 4.43. The summed E-state index contributed by atoms with van der Waals surface area (Å²) in [5.74, 6) is 1.11. The first kappa shape index (κ1) is 8.30. The Morgan fingerprint density at radius 3 is 2.77 bits per heavy atom. The number of Topliss-reactive ketones (excluding diaryl/α,β-unsaturated/α-hetero) is 1. The molecule has 0 saturated carbocycles. The number of rotatable bonds is 1. The molecule has 0 radical (unpaired) electrons. The van der Waals surface area contributed by atoms with Crippen LogP contribution >= 0.6 is 0 Å². The number of fused-ring (bicyclic) bond motifs is 1. The molecular formula is C11H12O2. The SMILES string of the molecule is COc1ccc(C)c2c1CCC2=O. The molecule has 0 amide bonds. The molecule has 1 aromatic carbocycles. The third-order valence-electron chi connectivity index (χ3n) is 2.58. The zero-order valence-electron chi connectivity index (χ0n) is 7.89. The van der Waals surface area contributed by atoms with Crippen molar-refractivity contribution in [2.75, 3.05) is 7.11 Å². The van der Waals surface area contributed by atoms with E-state index in [2.05, 4.69) is 0 Å². The first-order valence-electron chi connectivity index (χ1n) is 4.43. The van der Waals surface area contributed by atoms with Crippen LogP contribution in [-0.4, -0.2) is 12.9 Å². The number of hydrogen-bond donors (Lipinski definition) is 0. The molecule has 2 rings (SSSR count). The van der Waals surface area contributed by atoms with Gasteiger partial charge in [-0.25, -0.2) is 0 Å². The fraction of sp³-hybridized carbons (Fsp3) is 0.364. The highest BCUT2D eigenvalue weighted by Gasteiger charge is 2.24. The number of aryl methyl sites for hydroxylation is 1. The maximum Gasteiger partial charge on any atom is 0.163 e. The number of hydrogen-bond acceptors (Lipinski definition) is 2. The Hall–Kier alpha value is -1.31. The Labute approximate surface area is 77.5 Å². The average Bonchev–Trinajstić information content (AvgIpc) is 2.50. The van der Waals surface area contributed by atoms with Gasteiger partial charge in [0.15, 0.2) is 5.78 Å². The molecule has 1 aliphatic rings. The zero-order chi connectivity index (χ0) is 9.42. The fourth-order valence-electron chi connectivity index (χ4n) is 1.94. The van der Waals surface area contributed by atoms with Crippen molar-refractivity contribution in [2.24, 2.45) is 0 Å². The van der Waals surface area contributed by atoms with E-state index < -0.39 is 0 Å². The molecule has 0 aliphatic heterocycles. The molecule has 0 spiro atoms. The van der Waals surface area contributed by atoms with E-state index in [1.165, 1.54) is 0 Å². The highest BCUT2D eigenvalue weighted by molar-refractivity contribution is 6.02. The standard InChI is InChI=1S/C11H12O2/c1-7-3-6-10(13-2)8-4-5-9(12)11(7)8/h3,6H,4-5H2,1-2H3. The van der Waals surface area contributed by atoms with Crippen LogP contribution < -0.4 is 4.74 Å².